The maximum atomic E-state index is 12.5. The number of nitrogens with one attached hydrogen (secondary N) is 2. The predicted molar refractivity (Wildman–Crippen MR) is 109 cm³/mol. The van der Waals surface area contributed by atoms with E-state index in [9.17, 15) is 9.59 Å². The lowest BCUT2D eigenvalue weighted by Crippen LogP contribution is -2.13. The van der Waals surface area contributed by atoms with Crippen LogP contribution in [0.5, 0.6) is 0 Å². The number of carbonyl (C=O) groups excluding carboxylic acids is 2. The van der Waals surface area contributed by atoms with Crippen LogP contribution in [0.3, 0.4) is 0 Å². The highest BCUT2D eigenvalue weighted by Crippen LogP contribution is 2.17. The zero-order chi connectivity index (χ0) is 20.1. The predicted octanol–water partition coefficient (Wildman–Crippen LogP) is 4.03. The number of amides is 2. The van der Waals surface area contributed by atoms with Gasteiger partial charge in [0.2, 0.25) is 0 Å². The van der Waals surface area contributed by atoms with Gasteiger partial charge in [0.15, 0.2) is 5.76 Å². The van der Waals surface area contributed by atoms with Crippen molar-refractivity contribution in [1.29, 1.82) is 0 Å². The minimum atomic E-state index is -0.360. The van der Waals surface area contributed by atoms with Crippen LogP contribution in [-0.4, -0.2) is 21.6 Å². The van der Waals surface area contributed by atoms with Crippen molar-refractivity contribution >= 4 is 23.2 Å². The van der Waals surface area contributed by atoms with Gasteiger partial charge in [-0.25, -0.2) is 0 Å². The summed E-state index contributed by atoms with van der Waals surface area (Å²) in [7, 11) is 0. The fraction of sp³-hybridized carbons (Fsp3) is 0.0455. The molecule has 0 atom stereocenters. The highest BCUT2D eigenvalue weighted by molar-refractivity contribution is 6.05. The maximum absolute atomic E-state index is 12.5. The van der Waals surface area contributed by atoms with Crippen LogP contribution >= 0.6 is 0 Å². The standard InChI is InChI=1S/C22H18N4O3/c27-21(17-13-23-26(15-17)14-16-6-2-1-3-7-16)24-18-8-4-9-19(12-18)25-22(28)20-10-5-11-29-20/h1-13,15H,14H2,(H,24,27)(H,25,28). The summed E-state index contributed by atoms with van der Waals surface area (Å²) in [6.45, 7) is 0.586. The molecule has 7 heteroatoms. The Balaban J connectivity index is 1.40. The lowest BCUT2D eigenvalue weighted by atomic mass is 10.2. The van der Waals surface area contributed by atoms with Crippen LogP contribution in [-0.2, 0) is 6.54 Å². The number of hydrogen-bond acceptors (Lipinski definition) is 4. The van der Waals surface area contributed by atoms with Crippen molar-refractivity contribution < 1.29 is 14.0 Å². The molecule has 2 aromatic carbocycles. The van der Waals surface area contributed by atoms with Crippen LogP contribution in [0.2, 0.25) is 0 Å². The number of benzene rings is 2. The van der Waals surface area contributed by atoms with Gasteiger partial charge in [-0.2, -0.15) is 5.10 Å². The van der Waals surface area contributed by atoms with Gasteiger partial charge in [-0.15, -0.1) is 0 Å². The van der Waals surface area contributed by atoms with Crippen molar-refractivity contribution in [2.24, 2.45) is 0 Å². The molecule has 0 aliphatic rings. The van der Waals surface area contributed by atoms with Gasteiger partial charge in [0, 0.05) is 17.6 Å². The highest BCUT2D eigenvalue weighted by atomic mass is 16.3. The molecule has 4 aromatic rings. The first-order chi connectivity index (χ1) is 14.2. The number of rotatable bonds is 6. The molecule has 0 saturated carbocycles. The molecular weight excluding hydrogens is 368 g/mol. The molecule has 2 amide bonds. The van der Waals surface area contributed by atoms with E-state index < -0.39 is 0 Å². The Morgan fingerprint density at radius 2 is 1.66 bits per heavy atom. The van der Waals surface area contributed by atoms with Crippen LogP contribution in [0.1, 0.15) is 26.5 Å². The van der Waals surface area contributed by atoms with Crippen LogP contribution in [0.15, 0.2) is 89.8 Å². The van der Waals surface area contributed by atoms with Gasteiger partial charge in [0.05, 0.1) is 24.6 Å². The zero-order valence-corrected chi connectivity index (χ0v) is 15.4. The second-order valence-corrected chi connectivity index (χ2v) is 6.38. The Hall–Kier alpha value is -4.13. The van der Waals surface area contributed by atoms with Crippen molar-refractivity contribution in [3.63, 3.8) is 0 Å². The minimum Gasteiger partial charge on any atom is -0.459 e. The summed E-state index contributed by atoms with van der Waals surface area (Å²) in [4.78, 5) is 24.6. The third-order valence-corrected chi connectivity index (χ3v) is 4.21. The molecular formula is C22H18N4O3. The Kier molecular flexibility index (Phi) is 5.20. The molecule has 29 heavy (non-hydrogen) atoms. The average Bonchev–Trinajstić information content (AvgIpc) is 3.41. The van der Waals surface area contributed by atoms with Gasteiger partial charge < -0.3 is 15.1 Å². The zero-order valence-electron chi connectivity index (χ0n) is 15.4. The Morgan fingerprint density at radius 1 is 0.897 bits per heavy atom. The monoisotopic (exact) mass is 386 g/mol. The van der Waals surface area contributed by atoms with E-state index in [0.29, 0.717) is 23.5 Å². The second kappa shape index (κ2) is 8.26. The van der Waals surface area contributed by atoms with Crippen molar-refractivity contribution in [3.05, 3.63) is 102 Å². The summed E-state index contributed by atoms with van der Waals surface area (Å²) in [5.41, 5.74) is 2.65. The van der Waals surface area contributed by atoms with E-state index >= 15 is 0 Å². The van der Waals surface area contributed by atoms with Crippen LogP contribution in [0, 0.1) is 0 Å². The molecule has 0 aliphatic heterocycles. The molecule has 0 aliphatic carbocycles. The van der Waals surface area contributed by atoms with Gasteiger partial charge in [0.25, 0.3) is 11.8 Å². The van der Waals surface area contributed by atoms with Crippen molar-refractivity contribution in [1.82, 2.24) is 9.78 Å². The molecule has 2 N–H and O–H groups in total. The minimum absolute atomic E-state index is 0.213. The Morgan fingerprint density at radius 3 is 2.38 bits per heavy atom. The SMILES string of the molecule is O=C(Nc1cccc(NC(=O)c2ccco2)c1)c1cnn(Cc2ccccc2)c1. The van der Waals surface area contributed by atoms with E-state index in [1.807, 2.05) is 30.3 Å². The van der Waals surface area contributed by atoms with Crippen molar-refractivity contribution in [2.75, 3.05) is 10.6 Å². The molecule has 0 radical (unpaired) electrons. The van der Waals surface area contributed by atoms with Gasteiger partial charge in [-0.3, -0.25) is 14.3 Å². The van der Waals surface area contributed by atoms with Crippen molar-refractivity contribution in [2.45, 2.75) is 6.54 Å². The molecule has 0 fully saturated rings. The van der Waals surface area contributed by atoms with Gasteiger partial charge in [0.1, 0.15) is 0 Å². The molecule has 2 heterocycles. The third kappa shape index (κ3) is 4.59. The highest BCUT2D eigenvalue weighted by Gasteiger charge is 2.11. The normalized spacial score (nSPS) is 10.5. The van der Waals surface area contributed by atoms with Crippen LogP contribution < -0.4 is 10.6 Å². The fourth-order valence-corrected chi connectivity index (χ4v) is 2.82. The third-order valence-electron chi connectivity index (χ3n) is 4.21. The smallest absolute Gasteiger partial charge is 0.291 e. The number of carbonyl (C=O) groups is 2. The molecule has 0 bridgehead atoms. The summed E-state index contributed by atoms with van der Waals surface area (Å²) in [6, 6.07) is 20.0. The largest absolute Gasteiger partial charge is 0.459 e. The van der Waals surface area contributed by atoms with Gasteiger partial charge in [-0.1, -0.05) is 36.4 Å². The van der Waals surface area contributed by atoms with E-state index in [2.05, 4.69) is 15.7 Å². The topological polar surface area (TPSA) is 89.2 Å². The molecule has 0 unspecified atom stereocenters. The molecule has 2 aromatic heterocycles. The number of aromatic nitrogens is 2. The number of anilines is 2. The molecule has 0 spiro atoms. The van der Waals surface area contributed by atoms with Crippen LogP contribution in [0.4, 0.5) is 11.4 Å². The first-order valence-electron chi connectivity index (χ1n) is 9.00. The molecule has 0 saturated heterocycles. The van der Waals surface area contributed by atoms with E-state index in [4.69, 9.17) is 4.42 Å². The first-order valence-corrected chi connectivity index (χ1v) is 9.00. The van der Waals surface area contributed by atoms with Crippen molar-refractivity contribution in [3.8, 4) is 0 Å². The average molecular weight is 386 g/mol. The van der Waals surface area contributed by atoms with E-state index in [0.717, 1.165) is 5.56 Å². The van der Waals surface area contributed by atoms with Gasteiger partial charge >= 0.3 is 0 Å². The Labute approximate surface area is 167 Å². The lowest BCUT2D eigenvalue weighted by Gasteiger charge is -2.07. The quantitative estimate of drug-likeness (QED) is 0.524. The summed E-state index contributed by atoms with van der Waals surface area (Å²) in [6.07, 6.45) is 4.66. The Bertz CT molecular complexity index is 1120. The summed E-state index contributed by atoms with van der Waals surface area (Å²) >= 11 is 0. The summed E-state index contributed by atoms with van der Waals surface area (Å²) in [5, 5.41) is 9.79. The second-order valence-electron chi connectivity index (χ2n) is 6.38. The molecule has 7 nitrogen and oxygen atoms in total. The van der Waals surface area contributed by atoms with Gasteiger partial charge in [-0.05, 0) is 35.9 Å². The summed E-state index contributed by atoms with van der Waals surface area (Å²) in [5.74, 6) is -0.426. The maximum Gasteiger partial charge on any atom is 0.291 e. The fourth-order valence-electron chi connectivity index (χ4n) is 2.82. The van der Waals surface area contributed by atoms with Crippen LogP contribution in [0.25, 0.3) is 0 Å². The number of hydrogen-bond donors (Lipinski definition) is 2. The lowest BCUT2D eigenvalue weighted by molar-refractivity contribution is 0.0995. The number of nitrogens with zero attached hydrogens (tertiary/aromatic N) is 2. The van der Waals surface area contributed by atoms with E-state index in [1.165, 1.54) is 12.5 Å². The summed E-state index contributed by atoms with van der Waals surface area (Å²) < 4.78 is 6.79. The first kappa shape index (κ1) is 18.2. The number of furan rings is 1. The molecule has 144 valence electrons. The van der Waals surface area contributed by atoms with E-state index in [-0.39, 0.29) is 17.6 Å². The molecule has 4 rings (SSSR count). The van der Waals surface area contributed by atoms with E-state index in [1.54, 1.807) is 47.3 Å².